The summed E-state index contributed by atoms with van der Waals surface area (Å²) in [6, 6.07) is 2.97. The average Bonchev–Trinajstić information content (AvgIpc) is 2.39. The smallest absolute Gasteiger partial charge is 0.326 e. The Labute approximate surface area is 125 Å². The lowest BCUT2D eigenvalue weighted by molar-refractivity contribution is -0.158. The number of hydrogen-bond acceptors (Lipinski definition) is 3. The largest absolute Gasteiger partial charge is 0.480 e. The number of rotatable bonds is 3. The zero-order chi connectivity index (χ0) is 15.6. The third kappa shape index (κ3) is 3.23. The van der Waals surface area contributed by atoms with Crippen LogP contribution in [0.4, 0.5) is 0 Å². The molecule has 1 aromatic rings. The number of piperidine rings is 1. The first-order valence-electron chi connectivity index (χ1n) is 7.26. The molecule has 1 aromatic heterocycles. The Balaban J connectivity index is 2.21. The highest BCUT2D eigenvalue weighted by molar-refractivity contribution is 5.85. The molecule has 1 aliphatic heterocycles. The molecule has 1 saturated heterocycles. The van der Waals surface area contributed by atoms with Gasteiger partial charge in [-0.15, -0.1) is 0 Å². The van der Waals surface area contributed by atoms with Crippen LogP contribution in [0.2, 0.25) is 0 Å². The standard InChI is InChI=1S/C16H22N2O3/c1-11-6-4-8-17-12(11)10-13(19)18-9-5-7-16(2,3)14(18)15(20)21/h4,6,8,14H,5,7,9-10H2,1-3H3,(H,20,21). The fraction of sp³-hybridized carbons (Fsp3) is 0.562. The van der Waals surface area contributed by atoms with Crippen LogP contribution >= 0.6 is 0 Å². The molecule has 0 radical (unpaired) electrons. The molecule has 5 nitrogen and oxygen atoms in total. The van der Waals surface area contributed by atoms with Crippen molar-refractivity contribution in [2.45, 2.75) is 46.1 Å². The van der Waals surface area contributed by atoms with Crippen molar-refractivity contribution < 1.29 is 14.7 Å². The van der Waals surface area contributed by atoms with Crippen LogP contribution in [0.1, 0.15) is 37.9 Å². The predicted molar refractivity (Wildman–Crippen MR) is 78.8 cm³/mol. The van der Waals surface area contributed by atoms with Crippen molar-refractivity contribution in [3.8, 4) is 0 Å². The van der Waals surface area contributed by atoms with Gasteiger partial charge in [-0.3, -0.25) is 9.78 Å². The second kappa shape index (κ2) is 5.84. The van der Waals surface area contributed by atoms with Gasteiger partial charge in [-0.05, 0) is 36.8 Å². The van der Waals surface area contributed by atoms with Gasteiger partial charge in [-0.25, -0.2) is 4.79 Å². The third-order valence-electron chi connectivity index (χ3n) is 4.26. The van der Waals surface area contributed by atoms with E-state index in [1.807, 2.05) is 32.9 Å². The van der Waals surface area contributed by atoms with Crippen molar-refractivity contribution in [1.82, 2.24) is 9.88 Å². The van der Waals surface area contributed by atoms with Crippen molar-refractivity contribution in [3.05, 3.63) is 29.6 Å². The number of likely N-dealkylation sites (tertiary alicyclic amines) is 1. The summed E-state index contributed by atoms with van der Waals surface area (Å²) in [5, 5.41) is 9.50. The first-order valence-corrected chi connectivity index (χ1v) is 7.26. The zero-order valence-corrected chi connectivity index (χ0v) is 12.8. The van der Waals surface area contributed by atoms with E-state index < -0.39 is 17.4 Å². The minimum atomic E-state index is -0.925. The second-order valence-electron chi connectivity index (χ2n) is 6.36. The highest BCUT2D eigenvalue weighted by atomic mass is 16.4. The lowest BCUT2D eigenvalue weighted by Gasteiger charge is -2.44. The number of aryl methyl sites for hydroxylation is 1. The Hall–Kier alpha value is -1.91. The maximum Gasteiger partial charge on any atom is 0.326 e. The molecule has 5 heteroatoms. The van der Waals surface area contributed by atoms with Gasteiger partial charge in [-0.1, -0.05) is 19.9 Å². The zero-order valence-electron chi connectivity index (χ0n) is 12.8. The first kappa shape index (κ1) is 15.5. The van der Waals surface area contributed by atoms with Crippen molar-refractivity contribution in [1.29, 1.82) is 0 Å². The summed E-state index contributed by atoms with van der Waals surface area (Å²) in [7, 11) is 0. The molecule has 1 N–H and O–H groups in total. The fourth-order valence-corrected chi connectivity index (χ4v) is 3.08. The maximum absolute atomic E-state index is 12.5. The predicted octanol–water partition coefficient (Wildman–Crippen LogP) is 2.03. The van der Waals surface area contributed by atoms with E-state index in [0.29, 0.717) is 6.54 Å². The van der Waals surface area contributed by atoms with E-state index in [1.54, 1.807) is 6.20 Å². The lowest BCUT2D eigenvalue weighted by Crippen LogP contribution is -2.56. The molecule has 0 saturated carbocycles. The number of carbonyl (C=O) groups excluding carboxylic acids is 1. The number of aliphatic carboxylic acids is 1. The molecule has 1 fully saturated rings. The van der Waals surface area contributed by atoms with E-state index in [4.69, 9.17) is 0 Å². The van der Waals surface area contributed by atoms with Gasteiger partial charge >= 0.3 is 5.97 Å². The highest BCUT2D eigenvalue weighted by Gasteiger charge is 2.44. The van der Waals surface area contributed by atoms with E-state index in [-0.39, 0.29) is 12.3 Å². The van der Waals surface area contributed by atoms with Crippen LogP contribution in [0.3, 0.4) is 0 Å². The second-order valence-corrected chi connectivity index (χ2v) is 6.36. The van der Waals surface area contributed by atoms with E-state index in [1.165, 1.54) is 4.90 Å². The van der Waals surface area contributed by atoms with E-state index in [2.05, 4.69) is 4.98 Å². The van der Waals surface area contributed by atoms with Gasteiger partial charge in [0.25, 0.3) is 0 Å². The number of carbonyl (C=O) groups is 2. The Bertz CT molecular complexity index is 554. The van der Waals surface area contributed by atoms with Gasteiger partial charge in [0.2, 0.25) is 5.91 Å². The maximum atomic E-state index is 12.5. The monoisotopic (exact) mass is 290 g/mol. The summed E-state index contributed by atoms with van der Waals surface area (Å²) >= 11 is 0. The number of pyridine rings is 1. The summed E-state index contributed by atoms with van der Waals surface area (Å²) in [6.45, 7) is 6.24. The molecular formula is C16H22N2O3. The Morgan fingerprint density at radius 1 is 1.48 bits per heavy atom. The van der Waals surface area contributed by atoms with Gasteiger partial charge in [0.15, 0.2) is 0 Å². The van der Waals surface area contributed by atoms with Gasteiger partial charge in [0.1, 0.15) is 6.04 Å². The summed E-state index contributed by atoms with van der Waals surface area (Å²) < 4.78 is 0. The van der Waals surface area contributed by atoms with Crippen LogP contribution in [-0.4, -0.2) is 39.5 Å². The molecule has 1 aliphatic rings. The van der Waals surface area contributed by atoms with Crippen LogP contribution in [0.5, 0.6) is 0 Å². The molecule has 1 atom stereocenters. The first-order chi connectivity index (χ1) is 9.83. The molecule has 2 heterocycles. The highest BCUT2D eigenvalue weighted by Crippen LogP contribution is 2.35. The fourth-order valence-electron chi connectivity index (χ4n) is 3.08. The quantitative estimate of drug-likeness (QED) is 0.924. The molecule has 1 amide bonds. The number of carboxylic acid groups (broad SMARTS) is 1. The number of amides is 1. The molecule has 1 unspecified atom stereocenters. The minimum absolute atomic E-state index is 0.156. The van der Waals surface area contributed by atoms with E-state index in [9.17, 15) is 14.7 Å². The van der Waals surface area contributed by atoms with Crippen LogP contribution in [0.25, 0.3) is 0 Å². The van der Waals surface area contributed by atoms with E-state index in [0.717, 1.165) is 24.1 Å². The number of carboxylic acids is 1. The van der Waals surface area contributed by atoms with Gasteiger partial charge in [0, 0.05) is 12.7 Å². The molecule has 0 spiro atoms. The third-order valence-corrected chi connectivity index (χ3v) is 4.26. The average molecular weight is 290 g/mol. The SMILES string of the molecule is Cc1cccnc1CC(=O)N1CCCC(C)(C)C1C(=O)O. The van der Waals surface area contributed by atoms with Gasteiger partial charge < -0.3 is 10.0 Å². The minimum Gasteiger partial charge on any atom is -0.480 e. The molecular weight excluding hydrogens is 268 g/mol. The molecule has 0 aliphatic carbocycles. The normalized spacial score (nSPS) is 21.1. The Kier molecular flexibility index (Phi) is 4.30. The summed E-state index contributed by atoms with van der Waals surface area (Å²) in [6.07, 6.45) is 3.47. The number of nitrogens with zero attached hydrogens (tertiary/aromatic N) is 2. The lowest BCUT2D eigenvalue weighted by atomic mass is 9.76. The summed E-state index contributed by atoms with van der Waals surface area (Å²) in [4.78, 5) is 29.9. The summed E-state index contributed by atoms with van der Waals surface area (Å²) in [5.41, 5.74) is 1.27. The molecule has 0 aromatic carbocycles. The molecule has 21 heavy (non-hydrogen) atoms. The topological polar surface area (TPSA) is 70.5 Å². The van der Waals surface area contributed by atoms with Crippen molar-refractivity contribution >= 4 is 11.9 Å². The van der Waals surface area contributed by atoms with Crippen molar-refractivity contribution in [2.75, 3.05) is 6.54 Å². The molecule has 0 bridgehead atoms. The van der Waals surface area contributed by atoms with Crippen molar-refractivity contribution in [3.63, 3.8) is 0 Å². The van der Waals surface area contributed by atoms with Crippen LogP contribution in [-0.2, 0) is 16.0 Å². The van der Waals surface area contributed by atoms with Gasteiger partial charge in [0.05, 0.1) is 12.1 Å². The van der Waals surface area contributed by atoms with Crippen molar-refractivity contribution in [2.24, 2.45) is 5.41 Å². The molecule has 114 valence electrons. The Morgan fingerprint density at radius 2 is 2.19 bits per heavy atom. The summed E-state index contributed by atoms with van der Waals surface area (Å²) in [5.74, 6) is -1.08. The van der Waals surface area contributed by atoms with Crippen LogP contribution in [0.15, 0.2) is 18.3 Å². The number of hydrogen-bond donors (Lipinski definition) is 1. The Morgan fingerprint density at radius 3 is 2.81 bits per heavy atom. The van der Waals surface area contributed by atoms with Crippen LogP contribution in [0, 0.1) is 12.3 Å². The number of aromatic nitrogens is 1. The van der Waals surface area contributed by atoms with E-state index >= 15 is 0 Å². The van der Waals surface area contributed by atoms with Crippen LogP contribution < -0.4 is 0 Å². The van der Waals surface area contributed by atoms with Gasteiger partial charge in [-0.2, -0.15) is 0 Å². The molecule has 2 rings (SSSR count).